The predicted octanol–water partition coefficient (Wildman–Crippen LogP) is 2.71. The average Bonchev–Trinajstić information content (AvgIpc) is 2.30. The molecule has 2 aromatic heterocycles. The third-order valence-corrected chi connectivity index (χ3v) is 2.02. The number of pyridine rings is 2. The maximum Gasteiger partial charge on any atom is 0.213 e. The van der Waals surface area contributed by atoms with Crippen molar-refractivity contribution in [3.8, 4) is 5.88 Å². The Bertz CT molecular complexity index is 416. The monoisotopic (exact) mass is 220 g/mol. The van der Waals surface area contributed by atoms with E-state index in [2.05, 4.69) is 9.97 Å². The second-order valence-electron chi connectivity index (χ2n) is 2.92. The summed E-state index contributed by atoms with van der Waals surface area (Å²) in [5, 5.41) is 0.622. The molecule has 0 saturated heterocycles. The summed E-state index contributed by atoms with van der Waals surface area (Å²) in [7, 11) is 0. The third-order valence-electron chi connectivity index (χ3n) is 1.79. The SMILES string of the molecule is Clc1ccc(COc2ccccn2)nc1. The molecule has 0 aliphatic heterocycles. The molecule has 15 heavy (non-hydrogen) atoms. The smallest absolute Gasteiger partial charge is 0.213 e. The zero-order valence-corrected chi connectivity index (χ0v) is 8.69. The lowest BCUT2D eigenvalue weighted by Crippen LogP contribution is -1.98. The Morgan fingerprint density at radius 2 is 2.07 bits per heavy atom. The molecule has 0 unspecified atom stereocenters. The Kier molecular flexibility index (Phi) is 3.15. The summed E-state index contributed by atoms with van der Waals surface area (Å²) in [5.74, 6) is 0.592. The first-order valence-electron chi connectivity index (χ1n) is 4.49. The fourth-order valence-corrected chi connectivity index (χ4v) is 1.18. The summed E-state index contributed by atoms with van der Waals surface area (Å²) in [6, 6.07) is 9.12. The molecule has 0 aliphatic carbocycles. The van der Waals surface area contributed by atoms with Gasteiger partial charge in [-0.25, -0.2) is 4.98 Å². The van der Waals surface area contributed by atoms with Gasteiger partial charge in [0.1, 0.15) is 6.61 Å². The Morgan fingerprint density at radius 3 is 2.73 bits per heavy atom. The van der Waals surface area contributed by atoms with Crippen molar-refractivity contribution in [2.24, 2.45) is 0 Å². The second kappa shape index (κ2) is 4.75. The van der Waals surface area contributed by atoms with Gasteiger partial charge in [0.05, 0.1) is 10.7 Å². The first kappa shape index (κ1) is 9.93. The van der Waals surface area contributed by atoms with Crippen LogP contribution in [0.4, 0.5) is 0 Å². The van der Waals surface area contributed by atoms with Crippen molar-refractivity contribution >= 4 is 11.6 Å². The van der Waals surface area contributed by atoms with Crippen molar-refractivity contribution in [3.05, 3.63) is 53.4 Å². The lowest BCUT2D eigenvalue weighted by atomic mass is 10.4. The van der Waals surface area contributed by atoms with Gasteiger partial charge in [-0.1, -0.05) is 17.7 Å². The van der Waals surface area contributed by atoms with Crippen LogP contribution in [0.3, 0.4) is 0 Å². The quantitative estimate of drug-likeness (QED) is 0.798. The lowest BCUT2D eigenvalue weighted by Gasteiger charge is -2.03. The molecule has 2 rings (SSSR count). The molecule has 0 radical (unpaired) electrons. The van der Waals surface area contributed by atoms with Crippen LogP contribution in [0.1, 0.15) is 5.69 Å². The normalized spacial score (nSPS) is 9.93. The third kappa shape index (κ3) is 2.92. The van der Waals surface area contributed by atoms with Gasteiger partial charge in [-0.3, -0.25) is 4.98 Å². The van der Waals surface area contributed by atoms with Crippen molar-refractivity contribution < 1.29 is 4.74 Å². The van der Waals surface area contributed by atoms with E-state index in [0.29, 0.717) is 17.5 Å². The number of rotatable bonds is 3. The average molecular weight is 221 g/mol. The zero-order chi connectivity index (χ0) is 10.5. The Hall–Kier alpha value is -1.61. The predicted molar refractivity (Wildman–Crippen MR) is 57.8 cm³/mol. The molecule has 0 saturated carbocycles. The molecule has 0 aliphatic rings. The van der Waals surface area contributed by atoms with Crippen LogP contribution in [-0.4, -0.2) is 9.97 Å². The maximum atomic E-state index is 5.71. The molecule has 0 aromatic carbocycles. The van der Waals surface area contributed by atoms with E-state index in [1.807, 2.05) is 18.2 Å². The molecule has 2 aromatic rings. The minimum Gasteiger partial charge on any atom is -0.471 e. The molecule has 3 nitrogen and oxygen atoms in total. The van der Waals surface area contributed by atoms with Gasteiger partial charge in [-0.15, -0.1) is 0 Å². The summed E-state index contributed by atoms with van der Waals surface area (Å²) in [4.78, 5) is 8.14. The Labute approximate surface area is 92.7 Å². The van der Waals surface area contributed by atoms with Crippen molar-refractivity contribution in [3.63, 3.8) is 0 Å². The van der Waals surface area contributed by atoms with Crippen LogP contribution >= 0.6 is 11.6 Å². The van der Waals surface area contributed by atoms with Gasteiger partial charge in [0.25, 0.3) is 0 Å². The largest absolute Gasteiger partial charge is 0.471 e. The first-order valence-corrected chi connectivity index (χ1v) is 4.86. The summed E-state index contributed by atoms with van der Waals surface area (Å²) in [6.07, 6.45) is 3.28. The van der Waals surface area contributed by atoms with Gasteiger partial charge in [-0.2, -0.15) is 0 Å². The fourth-order valence-electron chi connectivity index (χ4n) is 1.07. The second-order valence-corrected chi connectivity index (χ2v) is 3.36. The van der Waals surface area contributed by atoms with Gasteiger partial charge < -0.3 is 4.74 Å². The summed E-state index contributed by atoms with van der Waals surface area (Å²) < 4.78 is 5.42. The summed E-state index contributed by atoms with van der Waals surface area (Å²) in [6.45, 7) is 0.397. The van der Waals surface area contributed by atoms with Gasteiger partial charge in [0.15, 0.2) is 0 Å². The number of nitrogens with zero attached hydrogens (tertiary/aromatic N) is 2. The summed E-state index contributed by atoms with van der Waals surface area (Å²) >= 11 is 5.71. The van der Waals surface area contributed by atoms with E-state index in [0.717, 1.165) is 5.69 Å². The first-order chi connectivity index (χ1) is 7.34. The molecule has 0 fully saturated rings. The molecule has 0 N–H and O–H groups in total. The molecule has 76 valence electrons. The number of aromatic nitrogens is 2. The van der Waals surface area contributed by atoms with E-state index >= 15 is 0 Å². The van der Waals surface area contributed by atoms with Crippen LogP contribution in [0, 0.1) is 0 Å². The molecule has 4 heteroatoms. The van der Waals surface area contributed by atoms with Crippen molar-refractivity contribution in [1.82, 2.24) is 9.97 Å². The fraction of sp³-hybridized carbons (Fsp3) is 0.0909. The maximum absolute atomic E-state index is 5.71. The number of hydrogen-bond donors (Lipinski definition) is 0. The molecule has 2 heterocycles. The van der Waals surface area contributed by atoms with Gasteiger partial charge >= 0.3 is 0 Å². The highest BCUT2D eigenvalue weighted by Gasteiger charge is 1.97. The van der Waals surface area contributed by atoms with Crippen LogP contribution in [0.2, 0.25) is 5.02 Å². The van der Waals surface area contributed by atoms with E-state index < -0.39 is 0 Å². The van der Waals surface area contributed by atoms with E-state index in [9.17, 15) is 0 Å². The minimum absolute atomic E-state index is 0.397. The minimum atomic E-state index is 0.397. The van der Waals surface area contributed by atoms with Crippen molar-refractivity contribution in [1.29, 1.82) is 0 Å². The van der Waals surface area contributed by atoms with Crippen LogP contribution in [0.25, 0.3) is 0 Å². The lowest BCUT2D eigenvalue weighted by molar-refractivity contribution is 0.289. The van der Waals surface area contributed by atoms with Crippen LogP contribution in [-0.2, 0) is 6.61 Å². The van der Waals surface area contributed by atoms with E-state index in [1.54, 1.807) is 24.5 Å². The van der Waals surface area contributed by atoms with Crippen LogP contribution < -0.4 is 4.74 Å². The Morgan fingerprint density at radius 1 is 1.13 bits per heavy atom. The van der Waals surface area contributed by atoms with Gasteiger partial charge in [-0.05, 0) is 18.2 Å². The molecular weight excluding hydrogens is 212 g/mol. The molecular formula is C11H9ClN2O. The van der Waals surface area contributed by atoms with Crippen molar-refractivity contribution in [2.45, 2.75) is 6.61 Å². The van der Waals surface area contributed by atoms with Gasteiger partial charge in [0, 0.05) is 18.5 Å². The van der Waals surface area contributed by atoms with Crippen LogP contribution in [0.15, 0.2) is 42.7 Å². The molecule has 0 spiro atoms. The molecule has 0 bridgehead atoms. The number of halogens is 1. The van der Waals surface area contributed by atoms with E-state index in [1.165, 1.54) is 0 Å². The van der Waals surface area contributed by atoms with Crippen molar-refractivity contribution in [2.75, 3.05) is 0 Å². The standard InChI is InChI=1S/C11H9ClN2O/c12-9-4-5-10(14-7-9)8-15-11-3-1-2-6-13-11/h1-7H,8H2. The molecule has 0 amide bonds. The van der Waals surface area contributed by atoms with Crippen LogP contribution in [0.5, 0.6) is 5.88 Å². The number of hydrogen-bond acceptors (Lipinski definition) is 3. The van der Waals surface area contributed by atoms with E-state index in [4.69, 9.17) is 16.3 Å². The highest BCUT2D eigenvalue weighted by atomic mass is 35.5. The van der Waals surface area contributed by atoms with E-state index in [-0.39, 0.29) is 0 Å². The highest BCUT2D eigenvalue weighted by molar-refractivity contribution is 6.30. The highest BCUT2D eigenvalue weighted by Crippen LogP contribution is 2.09. The summed E-state index contributed by atoms with van der Waals surface area (Å²) in [5.41, 5.74) is 0.824. The number of ether oxygens (including phenoxy) is 1. The van der Waals surface area contributed by atoms with Gasteiger partial charge in [0.2, 0.25) is 5.88 Å². The topological polar surface area (TPSA) is 35.0 Å². The molecule has 0 atom stereocenters. The Balaban J connectivity index is 1.96. The zero-order valence-electron chi connectivity index (χ0n) is 7.93.